The maximum absolute atomic E-state index is 11.3. The number of nitrogens with one attached hydrogen (secondary N) is 1. The van der Waals surface area contributed by atoms with Crippen molar-refractivity contribution < 1.29 is 17.9 Å². The number of aromatic nitrogens is 2. The number of rotatable bonds is 7. The van der Waals surface area contributed by atoms with Gasteiger partial charge in [-0.3, -0.25) is 4.72 Å². The van der Waals surface area contributed by atoms with Crippen molar-refractivity contribution in [2.24, 2.45) is 12.8 Å². The number of nitrogens with zero attached hydrogens (tertiary/aromatic N) is 2. The van der Waals surface area contributed by atoms with E-state index in [1.54, 1.807) is 24.8 Å². The molecule has 0 spiro atoms. The summed E-state index contributed by atoms with van der Waals surface area (Å²) in [7, 11) is 1.54. The third kappa shape index (κ3) is 5.70. The van der Waals surface area contributed by atoms with Gasteiger partial charge in [0, 0.05) is 33.3 Å². The van der Waals surface area contributed by atoms with Crippen molar-refractivity contribution in [3.8, 4) is 5.75 Å². The van der Waals surface area contributed by atoms with Crippen LogP contribution in [-0.4, -0.2) is 51.6 Å². The number of hydrogen-bond acceptors (Lipinski definition) is 6. The Morgan fingerprint density at radius 2 is 2.00 bits per heavy atom. The summed E-state index contributed by atoms with van der Waals surface area (Å²) in [5.74, 6) is 0.997. The molecule has 2 rings (SSSR count). The number of benzene rings is 1. The number of aryl methyl sites for hydroxylation is 1. The molecule has 0 amide bonds. The lowest BCUT2D eigenvalue weighted by Gasteiger charge is -2.06. The van der Waals surface area contributed by atoms with Crippen LogP contribution in [0.1, 0.15) is 6.42 Å². The molecular weight excluding hydrogens is 320 g/mol. The Morgan fingerprint density at radius 3 is 2.61 bits per heavy atom. The van der Waals surface area contributed by atoms with E-state index in [0.29, 0.717) is 24.5 Å². The molecule has 23 heavy (non-hydrogen) atoms. The van der Waals surface area contributed by atoms with Gasteiger partial charge in [0.15, 0.2) is 0 Å². The van der Waals surface area contributed by atoms with Crippen molar-refractivity contribution in [2.75, 3.05) is 38.3 Å². The molecule has 2 aromatic rings. The third-order valence-electron chi connectivity index (χ3n) is 2.89. The number of sulfonamides is 1. The summed E-state index contributed by atoms with van der Waals surface area (Å²) >= 11 is 0. The first-order valence-corrected chi connectivity index (χ1v) is 8.93. The molecule has 0 radical (unpaired) electrons. The van der Waals surface area contributed by atoms with E-state index in [4.69, 9.17) is 9.47 Å². The number of imidazole rings is 1. The van der Waals surface area contributed by atoms with Crippen molar-refractivity contribution in [2.45, 2.75) is 6.42 Å². The summed E-state index contributed by atoms with van der Waals surface area (Å²) in [4.78, 5) is 4.25. The lowest BCUT2D eigenvalue weighted by atomic mass is 10.3. The summed E-state index contributed by atoms with van der Waals surface area (Å²) in [5.41, 5.74) is 6.00. The van der Waals surface area contributed by atoms with E-state index >= 15 is 0 Å². The summed E-state index contributed by atoms with van der Waals surface area (Å²) in [5, 5.41) is 0. The Kier molecular flexibility index (Phi) is 7.27. The molecule has 1 aromatic carbocycles. The fraction of sp³-hybridized carbons (Fsp3) is 0.500. The largest absolute Gasteiger partial charge is 0.493 e. The fourth-order valence-corrected chi connectivity index (χ4v) is 2.42. The number of fused-ring (bicyclic) bond motifs is 1. The lowest BCUT2D eigenvalue weighted by molar-refractivity contribution is 0.172. The van der Waals surface area contributed by atoms with Crippen molar-refractivity contribution >= 4 is 27.0 Å². The quantitative estimate of drug-likeness (QED) is 0.724. The molecule has 130 valence electrons. The van der Waals surface area contributed by atoms with Crippen molar-refractivity contribution in [3.05, 3.63) is 18.2 Å². The van der Waals surface area contributed by atoms with E-state index in [1.807, 2.05) is 12.1 Å². The zero-order valence-corrected chi connectivity index (χ0v) is 14.7. The number of methoxy groups -OCH3 is 1. The Balaban J connectivity index is 0.00000127. The highest BCUT2D eigenvalue weighted by Gasteiger charge is 2.12. The lowest BCUT2D eigenvalue weighted by Crippen LogP contribution is -2.13. The maximum atomic E-state index is 11.3. The molecule has 3 N–H and O–H groups in total. The van der Waals surface area contributed by atoms with Crippen molar-refractivity contribution in [1.82, 2.24) is 9.55 Å². The molecule has 1 aromatic heterocycles. The van der Waals surface area contributed by atoms with E-state index in [1.165, 1.54) is 7.05 Å². The molecule has 9 heteroatoms. The van der Waals surface area contributed by atoms with Gasteiger partial charge in [-0.15, -0.1) is 0 Å². The molecular formula is C14H24N4O4S. The van der Waals surface area contributed by atoms with E-state index in [-0.39, 0.29) is 5.95 Å². The molecule has 0 aliphatic heterocycles. The van der Waals surface area contributed by atoms with Gasteiger partial charge >= 0.3 is 0 Å². The molecule has 0 aliphatic carbocycles. The zero-order chi connectivity index (χ0) is 17.5. The first kappa shape index (κ1) is 19.2. The smallest absolute Gasteiger partial charge is 0.232 e. The van der Waals surface area contributed by atoms with Gasteiger partial charge in [-0.2, -0.15) is 0 Å². The third-order valence-corrected chi connectivity index (χ3v) is 3.44. The number of hydrogen-bond donors (Lipinski definition) is 2. The molecule has 8 nitrogen and oxygen atoms in total. The van der Waals surface area contributed by atoms with Gasteiger partial charge in [-0.25, -0.2) is 13.4 Å². The minimum Gasteiger partial charge on any atom is -0.493 e. The predicted octanol–water partition coefficient (Wildman–Crippen LogP) is 0.935. The van der Waals surface area contributed by atoms with Gasteiger partial charge in [0.25, 0.3) is 0 Å². The van der Waals surface area contributed by atoms with Gasteiger partial charge in [0.2, 0.25) is 16.0 Å². The van der Waals surface area contributed by atoms with Crippen LogP contribution in [0.2, 0.25) is 0 Å². The van der Waals surface area contributed by atoms with Crippen LogP contribution in [0.5, 0.6) is 5.75 Å². The van der Waals surface area contributed by atoms with Crippen LogP contribution >= 0.6 is 0 Å². The molecule has 0 fully saturated rings. The van der Waals surface area contributed by atoms with E-state index in [0.717, 1.165) is 18.2 Å². The normalized spacial score (nSPS) is 11.0. The number of anilines is 1. The molecule has 1 heterocycles. The van der Waals surface area contributed by atoms with Crippen LogP contribution in [0, 0.1) is 0 Å². The Bertz CT molecular complexity index is 728. The second kappa shape index (κ2) is 8.70. The zero-order valence-electron chi connectivity index (χ0n) is 13.9. The Morgan fingerprint density at radius 1 is 1.30 bits per heavy atom. The van der Waals surface area contributed by atoms with Crippen LogP contribution in [0.3, 0.4) is 0 Å². The van der Waals surface area contributed by atoms with Crippen LogP contribution < -0.4 is 15.2 Å². The number of ether oxygens (including phenoxy) is 2. The van der Waals surface area contributed by atoms with Crippen LogP contribution in [0.15, 0.2) is 18.2 Å². The van der Waals surface area contributed by atoms with Gasteiger partial charge in [-0.05, 0) is 19.2 Å². The topological polar surface area (TPSA) is 108 Å². The molecule has 0 aliphatic rings. The van der Waals surface area contributed by atoms with Gasteiger partial charge in [0.1, 0.15) is 5.75 Å². The first-order valence-electron chi connectivity index (χ1n) is 7.04. The molecule has 0 atom stereocenters. The van der Waals surface area contributed by atoms with Gasteiger partial charge in [0.05, 0.1) is 23.9 Å². The minimum atomic E-state index is -3.36. The number of nitrogens with two attached hydrogens (primary N) is 1. The van der Waals surface area contributed by atoms with Crippen LogP contribution in [0.4, 0.5) is 5.95 Å². The summed E-state index contributed by atoms with van der Waals surface area (Å²) in [6, 6.07) is 5.45. The van der Waals surface area contributed by atoms with Gasteiger partial charge < -0.3 is 19.8 Å². The van der Waals surface area contributed by atoms with E-state index in [2.05, 4.69) is 15.4 Å². The Labute approximate surface area is 136 Å². The Hall–Kier alpha value is -1.84. The fourth-order valence-electron chi connectivity index (χ4n) is 1.91. The standard InChI is InChI=1S/C13H19N3O4S.CH5N/c1-16-12-9-10(20-8-4-7-19-2)5-6-11(12)14-13(16)15-21(3,17)18;1-2/h5-6,9H,4,7-8H2,1-3H3,(H,14,15);2H2,1H3. The summed E-state index contributed by atoms with van der Waals surface area (Å²) in [6.45, 7) is 1.21. The average Bonchev–Trinajstić information content (AvgIpc) is 2.80. The van der Waals surface area contributed by atoms with Gasteiger partial charge in [-0.1, -0.05) is 0 Å². The SMILES string of the molecule is CN.COCCCOc1ccc2nc(NS(C)(=O)=O)n(C)c2c1. The predicted molar refractivity (Wildman–Crippen MR) is 91.3 cm³/mol. The molecule has 0 bridgehead atoms. The summed E-state index contributed by atoms with van der Waals surface area (Å²) in [6.07, 6.45) is 1.90. The summed E-state index contributed by atoms with van der Waals surface area (Å²) < 4.78 is 37.2. The second-order valence-electron chi connectivity index (χ2n) is 4.71. The van der Waals surface area contributed by atoms with Crippen LogP contribution in [0.25, 0.3) is 11.0 Å². The van der Waals surface area contributed by atoms with E-state index in [9.17, 15) is 8.42 Å². The van der Waals surface area contributed by atoms with Crippen molar-refractivity contribution in [1.29, 1.82) is 0 Å². The highest BCUT2D eigenvalue weighted by Crippen LogP contribution is 2.23. The molecule has 0 saturated carbocycles. The highest BCUT2D eigenvalue weighted by atomic mass is 32.2. The molecule has 0 unspecified atom stereocenters. The van der Waals surface area contributed by atoms with Crippen LogP contribution in [-0.2, 0) is 21.8 Å². The first-order chi connectivity index (χ1) is 10.9. The second-order valence-corrected chi connectivity index (χ2v) is 6.46. The average molecular weight is 344 g/mol. The van der Waals surface area contributed by atoms with Crippen molar-refractivity contribution in [3.63, 3.8) is 0 Å². The molecule has 0 saturated heterocycles. The monoisotopic (exact) mass is 344 g/mol. The maximum Gasteiger partial charge on any atom is 0.232 e. The minimum absolute atomic E-state index is 0.282. The van der Waals surface area contributed by atoms with E-state index < -0.39 is 10.0 Å². The highest BCUT2D eigenvalue weighted by molar-refractivity contribution is 7.92.